The molecule has 0 aliphatic carbocycles. The highest BCUT2D eigenvalue weighted by molar-refractivity contribution is 5.41. The Balaban J connectivity index is 1.53. The molecule has 0 spiro atoms. The molecule has 98 valence electrons. The Kier molecular flexibility index (Phi) is 3.42. The van der Waals surface area contributed by atoms with Gasteiger partial charge in [-0.25, -0.2) is 4.98 Å². The average Bonchev–Trinajstić information content (AvgIpc) is 2.39. The maximum atomic E-state index is 4.37. The zero-order chi connectivity index (χ0) is 13.1. The standard InChI is InChI=1S/C15H18N4/c1-18(10-13-6-2-4-8-16-13)14-11-19(12-14)15-7-3-5-9-17-15/h2-9,14H,10-12H2,1H3. The van der Waals surface area contributed by atoms with E-state index in [1.165, 1.54) is 0 Å². The first-order valence-corrected chi connectivity index (χ1v) is 6.59. The van der Waals surface area contributed by atoms with Crippen LogP contribution in [0.2, 0.25) is 0 Å². The molecule has 4 heteroatoms. The van der Waals surface area contributed by atoms with Crippen LogP contribution in [0.25, 0.3) is 0 Å². The van der Waals surface area contributed by atoms with E-state index >= 15 is 0 Å². The number of aromatic nitrogens is 2. The summed E-state index contributed by atoms with van der Waals surface area (Å²) in [6.07, 6.45) is 3.70. The van der Waals surface area contributed by atoms with Crippen LogP contribution in [0.5, 0.6) is 0 Å². The zero-order valence-corrected chi connectivity index (χ0v) is 11.1. The van der Waals surface area contributed by atoms with E-state index in [2.05, 4.69) is 38.9 Å². The van der Waals surface area contributed by atoms with E-state index in [-0.39, 0.29) is 0 Å². The summed E-state index contributed by atoms with van der Waals surface area (Å²) in [4.78, 5) is 13.4. The van der Waals surface area contributed by atoms with Crippen LogP contribution in [0.15, 0.2) is 48.8 Å². The predicted molar refractivity (Wildman–Crippen MR) is 75.9 cm³/mol. The van der Waals surface area contributed by atoms with E-state index in [1.54, 1.807) is 0 Å². The molecule has 1 aliphatic rings. The highest BCUT2D eigenvalue weighted by Crippen LogP contribution is 2.21. The molecule has 1 aliphatic heterocycles. The van der Waals surface area contributed by atoms with E-state index in [4.69, 9.17) is 0 Å². The van der Waals surface area contributed by atoms with Gasteiger partial charge in [-0.15, -0.1) is 0 Å². The van der Waals surface area contributed by atoms with Crippen molar-refractivity contribution in [2.24, 2.45) is 0 Å². The molecule has 1 saturated heterocycles. The Morgan fingerprint density at radius 1 is 1.11 bits per heavy atom. The van der Waals surface area contributed by atoms with Crippen molar-refractivity contribution in [3.8, 4) is 0 Å². The largest absolute Gasteiger partial charge is 0.353 e. The van der Waals surface area contributed by atoms with Crippen molar-refractivity contribution in [1.29, 1.82) is 0 Å². The maximum absolute atomic E-state index is 4.37. The lowest BCUT2D eigenvalue weighted by Gasteiger charge is -2.44. The van der Waals surface area contributed by atoms with Crippen LogP contribution in [0, 0.1) is 0 Å². The second kappa shape index (κ2) is 5.36. The third-order valence-corrected chi connectivity index (χ3v) is 3.60. The highest BCUT2D eigenvalue weighted by Gasteiger charge is 2.30. The average molecular weight is 254 g/mol. The van der Waals surface area contributed by atoms with Gasteiger partial charge in [0.1, 0.15) is 5.82 Å². The second-order valence-electron chi connectivity index (χ2n) is 4.98. The molecule has 0 radical (unpaired) electrons. The Hall–Kier alpha value is -1.94. The SMILES string of the molecule is CN(Cc1ccccn1)C1CN(c2ccccn2)C1. The molecule has 2 aromatic heterocycles. The van der Waals surface area contributed by atoms with Crippen molar-refractivity contribution in [2.45, 2.75) is 12.6 Å². The van der Waals surface area contributed by atoms with E-state index in [9.17, 15) is 0 Å². The zero-order valence-electron chi connectivity index (χ0n) is 11.1. The molecular weight excluding hydrogens is 236 g/mol. The van der Waals surface area contributed by atoms with Gasteiger partial charge in [0.2, 0.25) is 0 Å². The molecule has 0 aromatic carbocycles. The number of hydrogen-bond acceptors (Lipinski definition) is 4. The van der Waals surface area contributed by atoms with E-state index < -0.39 is 0 Å². The smallest absolute Gasteiger partial charge is 0.128 e. The van der Waals surface area contributed by atoms with Gasteiger partial charge in [-0.05, 0) is 31.3 Å². The number of hydrogen-bond donors (Lipinski definition) is 0. The predicted octanol–water partition coefficient (Wildman–Crippen LogP) is 1.80. The van der Waals surface area contributed by atoms with Gasteiger partial charge in [0.15, 0.2) is 0 Å². The molecule has 0 unspecified atom stereocenters. The van der Waals surface area contributed by atoms with Crippen LogP contribution < -0.4 is 4.90 Å². The summed E-state index contributed by atoms with van der Waals surface area (Å²) in [7, 11) is 2.16. The normalized spacial score (nSPS) is 15.6. The van der Waals surface area contributed by atoms with Crippen LogP contribution in [0.3, 0.4) is 0 Å². The quantitative estimate of drug-likeness (QED) is 0.833. The summed E-state index contributed by atoms with van der Waals surface area (Å²) < 4.78 is 0. The van der Waals surface area contributed by atoms with E-state index in [0.29, 0.717) is 6.04 Å². The lowest BCUT2D eigenvalue weighted by molar-refractivity contribution is 0.195. The first-order chi connectivity index (χ1) is 9.33. The number of nitrogens with zero attached hydrogens (tertiary/aromatic N) is 4. The third-order valence-electron chi connectivity index (χ3n) is 3.60. The van der Waals surface area contributed by atoms with E-state index in [1.807, 2.05) is 36.7 Å². The molecular formula is C15H18N4. The van der Waals surface area contributed by atoms with Crippen molar-refractivity contribution in [2.75, 3.05) is 25.0 Å². The van der Waals surface area contributed by atoms with E-state index in [0.717, 1.165) is 31.1 Å². The minimum Gasteiger partial charge on any atom is -0.353 e. The molecule has 3 heterocycles. The fourth-order valence-corrected chi connectivity index (χ4v) is 2.34. The maximum Gasteiger partial charge on any atom is 0.128 e. The molecule has 2 aromatic rings. The van der Waals surface area contributed by atoms with Gasteiger partial charge < -0.3 is 4.90 Å². The molecule has 19 heavy (non-hydrogen) atoms. The lowest BCUT2D eigenvalue weighted by atomic mass is 10.1. The Labute approximate surface area is 113 Å². The number of likely N-dealkylation sites (N-methyl/N-ethyl adjacent to an activating group) is 1. The van der Waals surface area contributed by atoms with Crippen LogP contribution >= 0.6 is 0 Å². The highest BCUT2D eigenvalue weighted by atomic mass is 15.3. The number of pyridine rings is 2. The molecule has 0 N–H and O–H groups in total. The molecule has 3 rings (SSSR count). The first kappa shape index (κ1) is 12.1. The minimum atomic E-state index is 0.587. The first-order valence-electron chi connectivity index (χ1n) is 6.59. The van der Waals surface area contributed by atoms with Gasteiger partial charge in [-0.3, -0.25) is 9.88 Å². The number of anilines is 1. The van der Waals surface area contributed by atoms with Crippen molar-refractivity contribution in [1.82, 2.24) is 14.9 Å². The summed E-state index contributed by atoms with van der Waals surface area (Å²) in [6.45, 7) is 2.99. The monoisotopic (exact) mass is 254 g/mol. The summed E-state index contributed by atoms with van der Waals surface area (Å²) in [5.74, 6) is 1.07. The minimum absolute atomic E-state index is 0.587. The fourth-order valence-electron chi connectivity index (χ4n) is 2.34. The topological polar surface area (TPSA) is 32.3 Å². The van der Waals surface area contributed by atoms with Crippen molar-refractivity contribution in [3.63, 3.8) is 0 Å². The van der Waals surface area contributed by atoms with Gasteiger partial charge in [-0.1, -0.05) is 12.1 Å². The molecule has 0 bridgehead atoms. The van der Waals surface area contributed by atoms with Crippen molar-refractivity contribution in [3.05, 3.63) is 54.5 Å². The fraction of sp³-hybridized carbons (Fsp3) is 0.333. The number of rotatable bonds is 4. The Bertz CT molecular complexity index is 508. The summed E-state index contributed by atoms with van der Waals surface area (Å²) in [5, 5.41) is 0. The molecule has 1 fully saturated rings. The van der Waals surface area contributed by atoms with Gasteiger partial charge in [0.25, 0.3) is 0 Å². The van der Waals surface area contributed by atoms with Crippen LogP contribution in [-0.4, -0.2) is 41.0 Å². The van der Waals surface area contributed by atoms with Gasteiger partial charge in [0.05, 0.1) is 5.69 Å². The third kappa shape index (κ3) is 2.74. The van der Waals surface area contributed by atoms with Crippen LogP contribution in [0.1, 0.15) is 5.69 Å². The van der Waals surface area contributed by atoms with Crippen molar-refractivity contribution >= 4 is 5.82 Å². The summed E-state index contributed by atoms with van der Waals surface area (Å²) >= 11 is 0. The van der Waals surface area contributed by atoms with Crippen LogP contribution in [0.4, 0.5) is 5.82 Å². The summed E-state index contributed by atoms with van der Waals surface area (Å²) in [6, 6.07) is 12.7. The lowest BCUT2D eigenvalue weighted by Crippen LogP contribution is -2.58. The van der Waals surface area contributed by atoms with Gasteiger partial charge in [-0.2, -0.15) is 0 Å². The second-order valence-corrected chi connectivity index (χ2v) is 4.98. The summed E-state index contributed by atoms with van der Waals surface area (Å²) in [5.41, 5.74) is 1.13. The Morgan fingerprint density at radius 2 is 1.84 bits per heavy atom. The molecule has 0 amide bonds. The molecule has 4 nitrogen and oxygen atoms in total. The molecule has 0 saturated carbocycles. The van der Waals surface area contributed by atoms with Gasteiger partial charge in [0, 0.05) is 38.1 Å². The van der Waals surface area contributed by atoms with Gasteiger partial charge >= 0.3 is 0 Å². The van der Waals surface area contributed by atoms with Crippen molar-refractivity contribution < 1.29 is 0 Å². The Morgan fingerprint density at radius 3 is 2.47 bits per heavy atom. The molecule has 0 atom stereocenters. The van der Waals surface area contributed by atoms with Crippen LogP contribution in [-0.2, 0) is 6.54 Å².